The number of methoxy groups -OCH3 is 1. The van der Waals surface area contributed by atoms with Gasteiger partial charge in [0.1, 0.15) is 22.9 Å². The molecule has 0 saturated heterocycles. The first-order valence-electron chi connectivity index (χ1n) is 12.2. The summed E-state index contributed by atoms with van der Waals surface area (Å²) in [6, 6.07) is 16.1. The first-order chi connectivity index (χ1) is 18.3. The average molecular weight is 525 g/mol. The fourth-order valence-corrected chi connectivity index (χ4v) is 4.21. The van der Waals surface area contributed by atoms with E-state index in [9.17, 15) is 18.4 Å². The fraction of sp³-hybridized carbons (Fsp3) is 0.310. The lowest BCUT2D eigenvalue weighted by Crippen LogP contribution is -2.26. The van der Waals surface area contributed by atoms with Gasteiger partial charge in [-0.15, -0.1) is 0 Å². The highest BCUT2D eigenvalue weighted by atomic mass is 19.1. The van der Waals surface area contributed by atoms with Gasteiger partial charge in [0.05, 0.1) is 20.8 Å². The minimum absolute atomic E-state index is 0.0133. The summed E-state index contributed by atoms with van der Waals surface area (Å²) in [5.41, 5.74) is 1.67. The maximum atomic E-state index is 14.8. The summed E-state index contributed by atoms with van der Waals surface area (Å²) in [5, 5.41) is 4.50. The quantitative estimate of drug-likeness (QED) is 0.288. The SMILES string of the molecule is COC(=O)c1c(F)cccc1-c1ccc(CNC(=O)C2CC2COc2ccc(CN(C)OC)cc2)c(F)c1. The Balaban J connectivity index is 1.28. The van der Waals surface area contributed by atoms with Crippen LogP contribution in [-0.2, 0) is 27.5 Å². The van der Waals surface area contributed by atoms with Gasteiger partial charge in [0.25, 0.3) is 0 Å². The number of halogens is 2. The van der Waals surface area contributed by atoms with Gasteiger partial charge in [-0.2, -0.15) is 5.06 Å². The molecule has 0 spiro atoms. The molecular formula is C29H30F2N2O5. The Labute approximate surface area is 220 Å². The van der Waals surface area contributed by atoms with E-state index in [1.54, 1.807) is 18.2 Å². The Morgan fingerprint density at radius 3 is 2.47 bits per heavy atom. The van der Waals surface area contributed by atoms with E-state index in [0.717, 1.165) is 24.5 Å². The van der Waals surface area contributed by atoms with E-state index in [2.05, 4.69) is 10.1 Å². The lowest BCUT2D eigenvalue weighted by atomic mass is 9.98. The second-order valence-electron chi connectivity index (χ2n) is 9.20. The molecule has 0 radical (unpaired) electrons. The lowest BCUT2D eigenvalue weighted by Gasteiger charge is -2.13. The number of rotatable bonds is 11. The van der Waals surface area contributed by atoms with Crippen molar-refractivity contribution < 1.29 is 32.7 Å². The van der Waals surface area contributed by atoms with Crippen molar-refractivity contribution in [2.24, 2.45) is 11.8 Å². The van der Waals surface area contributed by atoms with Crippen LogP contribution in [0.15, 0.2) is 60.7 Å². The van der Waals surface area contributed by atoms with Crippen molar-refractivity contribution in [2.75, 3.05) is 27.9 Å². The Morgan fingerprint density at radius 1 is 1.03 bits per heavy atom. The highest BCUT2D eigenvalue weighted by Gasteiger charge is 2.43. The van der Waals surface area contributed by atoms with E-state index in [0.29, 0.717) is 25.1 Å². The molecule has 1 N–H and O–H groups in total. The van der Waals surface area contributed by atoms with E-state index >= 15 is 0 Å². The summed E-state index contributed by atoms with van der Waals surface area (Å²) >= 11 is 0. The molecule has 1 aliphatic carbocycles. The molecule has 9 heteroatoms. The van der Waals surface area contributed by atoms with Gasteiger partial charge in [-0.05, 0) is 47.4 Å². The van der Waals surface area contributed by atoms with Gasteiger partial charge in [-0.25, -0.2) is 13.6 Å². The van der Waals surface area contributed by atoms with Crippen molar-refractivity contribution in [1.82, 2.24) is 10.4 Å². The normalized spacial score (nSPS) is 16.3. The zero-order valence-electron chi connectivity index (χ0n) is 21.5. The number of ether oxygens (including phenoxy) is 2. The molecule has 1 fully saturated rings. The van der Waals surface area contributed by atoms with E-state index in [1.165, 1.54) is 24.3 Å². The first-order valence-corrected chi connectivity index (χ1v) is 12.2. The van der Waals surface area contributed by atoms with Gasteiger partial charge in [0, 0.05) is 37.5 Å². The Bertz CT molecular complexity index is 1300. The summed E-state index contributed by atoms with van der Waals surface area (Å²) in [6.07, 6.45) is 0.708. The molecule has 3 aromatic carbocycles. The minimum Gasteiger partial charge on any atom is -0.493 e. The van der Waals surface area contributed by atoms with Gasteiger partial charge < -0.3 is 19.6 Å². The van der Waals surface area contributed by atoms with Gasteiger partial charge in [0.15, 0.2) is 0 Å². The highest BCUT2D eigenvalue weighted by molar-refractivity contribution is 5.97. The zero-order chi connectivity index (χ0) is 27.2. The molecule has 38 heavy (non-hydrogen) atoms. The molecule has 3 aromatic rings. The first kappa shape index (κ1) is 27.2. The molecular weight excluding hydrogens is 494 g/mol. The number of carbonyl (C=O) groups excluding carboxylic acids is 2. The Morgan fingerprint density at radius 2 is 1.79 bits per heavy atom. The minimum atomic E-state index is -0.843. The molecule has 1 saturated carbocycles. The number of esters is 1. The van der Waals surface area contributed by atoms with Crippen LogP contribution in [0.1, 0.15) is 27.9 Å². The topological polar surface area (TPSA) is 77.1 Å². The second kappa shape index (κ2) is 12.1. The predicted molar refractivity (Wildman–Crippen MR) is 137 cm³/mol. The monoisotopic (exact) mass is 524 g/mol. The van der Waals surface area contributed by atoms with Gasteiger partial charge in [-0.3, -0.25) is 4.79 Å². The molecule has 1 amide bonds. The summed E-state index contributed by atoms with van der Waals surface area (Å²) in [7, 11) is 4.62. The number of hydrogen-bond donors (Lipinski definition) is 1. The molecule has 0 aliphatic heterocycles. The standard InChI is InChI=1S/C29H30F2N2O5/c1-33(37-3)16-18-7-11-22(12-8-18)38-17-21-13-24(21)28(34)32-15-20-10-9-19(14-26(20)31)23-5-4-6-25(30)27(23)29(35)36-2/h4-12,14,21,24H,13,15-17H2,1-3H3,(H,32,34). The number of amides is 1. The number of hydrogen-bond acceptors (Lipinski definition) is 6. The maximum absolute atomic E-state index is 14.8. The smallest absolute Gasteiger partial charge is 0.341 e. The summed E-state index contributed by atoms with van der Waals surface area (Å²) < 4.78 is 39.6. The van der Waals surface area contributed by atoms with Crippen LogP contribution in [0.3, 0.4) is 0 Å². The molecule has 1 aliphatic rings. The van der Waals surface area contributed by atoms with E-state index in [1.807, 2.05) is 31.3 Å². The molecule has 4 rings (SSSR count). The molecule has 0 heterocycles. The van der Waals surface area contributed by atoms with Crippen LogP contribution in [-0.4, -0.2) is 44.8 Å². The van der Waals surface area contributed by atoms with Crippen molar-refractivity contribution in [3.63, 3.8) is 0 Å². The zero-order valence-corrected chi connectivity index (χ0v) is 21.5. The second-order valence-corrected chi connectivity index (χ2v) is 9.20. The molecule has 7 nitrogen and oxygen atoms in total. The van der Waals surface area contributed by atoms with E-state index < -0.39 is 17.6 Å². The number of nitrogens with zero attached hydrogens (tertiary/aromatic N) is 1. The summed E-state index contributed by atoms with van der Waals surface area (Å²) in [5.74, 6) is -1.66. The lowest BCUT2D eigenvalue weighted by molar-refractivity contribution is -0.122. The van der Waals surface area contributed by atoms with Crippen LogP contribution in [0.5, 0.6) is 5.75 Å². The third kappa shape index (κ3) is 6.54. The number of hydroxylamine groups is 2. The Hall–Kier alpha value is -3.82. The van der Waals surface area contributed by atoms with Crippen molar-refractivity contribution in [3.8, 4) is 16.9 Å². The van der Waals surface area contributed by atoms with Crippen molar-refractivity contribution in [2.45, 2.75) is 19.5 Å². The van der Waals surface area contributed by atoms with Crippen LogP contribution in [0, 0.1) is 23.5 Å². The number of carbonyl (C=O) groups is 2. The third-order valence-corrected chi connectivity index (χ3v) is 6.58. The molecule has 0 aromatic heterocycles. The maximum Gasteiger partial charge on any atom is 0.341 e. The van der Waals surface area contributed by atoms with E-state index in [-0.39, 0.29) is 41.0 Å². The Kier molecular flexibility index (Phi) is 8.70. The van der Waals surface area contributed by atoms with Crippen LogP contribution < -0.4 is 10.1 Å². The van der Waals surface area contributed by atoms with E-state index in [4.69, 9.17) is 9.57 Å². The summed E-state index contributed by atoms with van der Waals surface area (Å²) in [4.78, 5) is 29.7. The molecule has 200 valence electrons. The van der Waals surface area contributed by atoms with Crippen LogP contribution in [0.2, 0.25) is 0 Å². The van der Waals surface area contributed by atoms with Gasteiger partial charge in [0.2, 0.25) is 5.91 Å². The average Bonchev–Trinajstić information content (AvgIpc) is 3.71. The number of nitrogens with one attached hydrogen (secondary N) is 1. The van der Waals surface area contributed by atoms with Gasteiger partial charge >= 0.3 is 5.97 Å². The van der Waals surface area contributed by atoms with Crippen LogP contribution in [0.4, 0.5) is 8.78 Å². The largest absolute Gasteiger partial charge is 0.493 e. The number of benzene rings is 3. The highest BCUT2D eigenvalue weighted by Crippen LogP contribution is 2.39. The fourth-order valence-electron chi connectivity index (χ4n) is 4.21. The van der Waals surface area contributed by atoms with Crippen LogP contribution >= 0.6 is 0 Å². The molecule has 2 unspecified atom stereocenters. The molecule has 2 atom stereocenters. The van der Waals surface area contributed by atoms with Crippen molar-refractivity contribution >= 4 is 11.9 Å². The summed E-state index contributed by atoms with van der Waals surface area (Å²) in [6.45, 7) is 1.10. The molecule has 0 bridgehead atoms. The predicted octanol–water partition coefficient (Wildman–Crippen LogP) is 4.74. The van der Waals surface area contributed by atoms with Crippen molar-refractivity contribution in [1.29, 1.82) is 0 Å². The third-order valence-electron chi connectivity index (χ3n) is 6.58. The van der Waals surface area contributed by atoms with Crippen molar-refractivity contribution in [3.05, 3.63) is 89.0 Å². The van der Waals surface area contributed by atoms with Crippen LogP contribution in [0.25, 0.3) is 11.1 Å². The van der Waals surface area contributed by atoms with Gasteiger partial charge in [-0.1, -0.05) is 36.4 Å².